The Morgan fingerprint density at radius 3 is 2.79 bits per heavy atom. The highest BCUT2D eigenvalue weighted by atomic mass is 32.1. The van der Waals surface area contributed by atoms with Crippen molar-refractivity contribution in [2.24, 2.45) is 0 Å². The van der Waals surface area contributed by atoms with Gasteiger partial charge in [-0.25, -0.2) is 0 Å². The summed E-state index contributed by atoms with van der Waals surface area (Å²) >= 11 is 1.79. The van der Waals surface area contributed by atoms with Gasteiger partial charge in [-0.2, -0.15) is 0 Å². The molecule has 0 saturated carbocycles. The number of ether oxygens (including phenoxy) is 1. The van der Waals surface area contributed by atoms with Crippen LogP contribution >= 0.6 is 11.3 Å². The molecule has 0 aliphatic carbocycles. The summed E-state index contributed by atoms with van der Waals surface area (Å²) < 4.78 is 5.27. The van der Waals surface area contributed by atoms with Gasteiger partial charge in [-0.1, -0.05) is 6.07 Å². The van der Waals surface area contributed by atoms with Crippen molar-refractivity contribution in [2.45, 2.75) is 19.4 Å². The van der Waals surface area contributed by atoms with E-state index in [1.165, 1.54) is 4.88 Å². The quantitative estimate of drug-likeness (QED) is 0.851. The van der Waals surface area contributed by atoms with Gasteiger partial charge in [0.15, 0.2) is 0 Å². The summed E-state index contributed by atoms with van der Waals surface area (Å²) in [5.41, 5.74) is 7.86. The first-order chi connectivity index (χ1) is 9.11. The highest BCUT2D eigenvalue weighted by molar-refractivity contribution is 7.09. The molecule has 1 unspecified atom stereocenters. The second kappa shape index (κ2) is 5.97. The molecule has 0 amide bonds. The Bertz CT molecular complexity index is 525. The van der Waals surface area contributed by atoms with E-state index in [1.54, 1.807) is 18.4 Å². The molecular formula is C15H20N2OS. The molecule has 2 N–H and O–H groups in total. The molecule has 0 fully saturated rings. The van der Waals surface area contributed by atoms with E-state index in [9.17, 15) is 0 Å². The van der Waals surface area contributed by atoms with Crippen LogP contribution in [0.15, 0.2) is 35.7 Å². The van der Waals surface area contributed by atoms with Crippen molar-refractivity contribution in [1.29, 1.82) is 0 Å². The molecule has 1 aromatic carbocycles. The fraction of sp³-hybridized carbons (Fsp3) is 0.333. The Hall–Kier alpha value is -1.68. The van der Waals surface area contributed by atoms with Gasteiger partial charge in [-0.3, -0.25) is 0 Å². The number of thiophene rings is 1. The molecule has 0 spiro atoms. The van der Waals surface area contributed by atoms with Crippen LogP contribution in [0, 0.1) is 0 Å². The fourth-order valence-corrected chi connectivity index (χ4v) is 2.88. The Morgan fingerprint density at radius 2 is 2.16 bits per heavy atom. The lowest BCUT2D eigenvalue weighted by Crippen LogP contribution is -2.31. The summed E-state index contributed by atoms with van der Waals surface area (Å²) in [4.78, 5) is 3.60. The molecule has 1 heterocycles. The predicted molar refractivity (Wildman–Crippen MR) is 83.3 cm³/mol. The van der Waals surface area contributed by atoms with Crippen molar-refractivity contribution in [1.82, 2.24) is 0 Å². The van der Waals surface area contributed by atoms with Crippen LogP contribution in [0.2, 0.25) is 0 Å². The Labute approximate surface area is 118 Å². The van der Waals surface area contributed by atoms with Crippen molar-refractivity contribution in [3.8, 4) is 5.75 Å². The lowest BCUT2D eigenvalue weighted by molar-refractivity contribution is 0.415. The third kappa shape index (κ3) is 3.20. The SMILES string of the molecule is COc1ccc(N)c(N(C)C(C)Cc2cccs2)c1. The first-order valence-corrected chi connectivity index (χ1v) is 7.18. The normalized spacial score (nSPS) is 12.2. The number of anilines is 2. The van der Waals surface area contributed by atoms with Crippen molar-refractivity contribution >= 4 is 22.7 Å². The molecule has 0 radical (unpaired) electrons. The van der Waals surface area contributed by atoms with E-state index in [0.29, 0.717) is 6.04 Å². The summed E-state index contributed by atoms with van der Waals surface area (Å²) in [6, 6.07) is 10.4. The lowest BCUT2D eigenvalue weighted by atomic mass is 10.1. The number of nitrogen functional groups attached to an aromatic ring is 1. The van der Waals surface area contributed by atoms with Gasteiger partial charge in [0.05, 0.1) is 18.5 Å². The van der Waals surface area contributed by atoms with Gasteiger partial charge in [0.1, 0.15) is 5.75 Å². The molecule has 1 aromatic heterocycles. The molecular weight excluding hydrogens is 256 g/mol. The molecule has 0 bridgehead atoms. The monoisotopic (exact) mass is 276 g/mol. The van der Waals surface area contributed by atoms with Gasteiger partial charge in [0.2, 0.25) is 0 Å². The first-order valence-electron chi connectivity index (χ1n) is 6.30. The number of benzene rings is 1. The van der Waals surface area contributed by atoms with E-state index in [0.717, 1.165) is 23.5 Å². The van der Waals surface area contributed by atoms with Crippen molar-refractivity contribution in [2.75, 3.05) is 24.8 Å². The third-order valence-corrected chi connectivity index (χ3v) is 4.25. The highest BCUT2D eigenvalue weighted by Gasteiger charge is 2.14. The number of hydrogen-bond acceptors (Lipinski definition) is 4. The van der Waals surface area contributed by atoms with Gasteiger partial charge in [0, 0.05) is 30.5 Å². The zero-order valence-electron chi connectivity index (χ0n) is 11.6. The third-order valence-electron chi connectivity index (χ3n) is 3.36. The zero-order valence-corrected chi connectivity index (χ0v) is 12.4. The van der Waals surface area contributed by atoms with Crippen LogP contribution in [-0.4, -0.2) is 20.2 Å². The maximum atomic E-state index is 6.06. The lowest BCUT2D eigenvalue weighted by Gasteiger charge is -2.28. The number of nitrogens with zero attached hydrogens (tertiary/aromatic N) is 1. The first kappa shape index (κ1) is 13.7. The summed E-state index contributed by atoms with van der Waals surface area (Å²) in [6.07, 6.45) is 1.02. The van der Waals surface area contributed by atoms with Gasteiger partial charge in [0.25, 0.3) is 0 Å². The van der Waals surface area contributed by atoms with Crippen LogP contribution in [0.4, 0.5) is 11.4 Å². The Balaban J connectivity index is 2.16. The number of nitrogens with two attached hydrogens (primary N) is 1. The van der Waals surface area contributed by atoms with Gasteiger partial charge in [-0.15, -0.1) is 11.3 Å². The van der Waals surface area contributed by atoms with Crippen LogP contribution in [0.5, 0.6) is 5.75 Å². The van der Waals surface area contributed by atoms with Crippen LogP contribution < -0.4 is 15.4 Å². The zero-order chi connectivity index (χ0) is 13.8. The van der Waals surface area contributed by atoms with E-state index in [2.05, 4.69) is 36.4 Å². The molecule has 2 aromatic rings. The van der Waals surface area contributed by atoms with Crippen molar-refractivity contribution < 1.29 is 4.74 Å². The van der Waals surface area contributed by atoms with E-state index < -0.39 is 0 Å². The maximum Gasteiger partial charge on any atom is 0.121 e. The summed E-state index contributed by atoms with van der Waals surface area (Å²) in [5.74, 6) is 0.833. The summed E-state index contributed by atoms with van der Waals surface area (Å²) in [5, 5.41) is 2.11. The second-order valence-electron chi connectivity index (χ2n) is 4.67. The van der Waals surface area contributed by atoms with Crippen LogP contribution in [0.25, 0.3) is 0 Å². The van der Waals surface area contributed by atoms with E-state index in [1.807, 2.05) is 18.2 Å². The van der Waals surface area contributed by atoms with Crippen LogP contribution in [0.3, 0.4) is 0 Å². The van der Waals surface area contributed by atoms with Crippen LogP contribution in [-0.2, 0) is 6.42 Å². The molecule has 0 aliphatic rings. The van der Waals surface area contributed by atoms with Gasteiger partial charge < -0.3 is 15.4 Å². The smallest absolute Gasteiger partial charge is 0.121 e. The van der Waals surface area contributed by atoms with E-state index >= 15 is 0 Å². The molecule has 0 aliphatic heterocycles. The standard InChI is InChI=1S/C15H20N2OS/c1-11(9-13-5-4-8-19-13)17(2)15-10-12(18-3)6-7-14(15)16/h4-8,10-11H,9,16H2,1-3H3. The average Bonchev–Trinajstić information content (AvgIpc) is 2.91. The molecule has 3 nitrogen and oxygen atoms in total. The predicted octanol–water partition coefficient (Wildman–Crippen LogP) is 3.41. The Morgan fingerprint density at radius 1 is 1.37 bits per heavy atom. The molecule has 19 heavy (non-hydrogen) atoms. The fourth-order valence-electron chi connectivity index (χ4n) is 2.05. The largest absolute Gasteiger partial charge is 0.497 e. The maximum absolute atomic E-state index is 6.06. The van der Waals surface area contributed by atoms with Crippen molar-refractivity contribution in [3.05, 3.63) is 40.6 Å². The number of hydrogen-bond donors (Lipinski definition) is 1. The van der Waals surface area contributed by atoms with Gasteiger partial charge in [-0.05, 0) is 30.5 Å². The second-order valence-corrected chi connectivity index (χ2v) is 5.70. The molecule has 0 saturated heterocycles. The van der Waals surface area contributed by atoms with Gasteiger partial charge >= 0.3 is 0 Å². The van der Waals surface area contributed by atoms with E-state index in [-0.39, 0.29) is 0 Å². The summed E-state index contributed by atoms with van der Waals surface area (Å²) in [7, 11) is 3.74. The average molecular weight is 276 g/mol. The van der Waals surface area contributed by atoms with E-state index in [4.69, 9.17) is 10.5 Å². The Kier molecular flexibility index (Phi) is 4.32. The molecule has 2 rings (SSSR count). The molecule has 102 valence electrons. The minimum absolute atomic E-state index is 0.382. The number of methoxy groups -OCH3 is 1. The minimum atomic E-state index is 0.382. The number of likely N-dealkylation sites (N-methyl/N-ethyl adjacent to an activating group) is 1. The van der Waals surface area contributed by atoms with Crippen molar-refractivity contribution in [3.63, 3.8) is 0 Å². The molecule has 1 atom stereocenters. The summed E-state index contributed by atoms with van der Waals surface area (Å²) in [6.45, 7) is 2.21. The van der Waals surface area contributed by atoms with Crippen LogP contribution in [0.1, 0.15) is 11.8 Å². The topological polar surface area (TPSA) is 38.5 Å². The molecule has 4 heteroatoms. The minimum Gasteiger partial charge on any atom is -0.497 e. The number of rotatable bonds is 5. The highest BCUT2D eigenvalue weighted by Crippen LogP contribution is 2.29.